The maximum absolute atomic E-state index is 12.5. The van der Waals surface area contributed by atoms with Gasteiger partial charge in [0.05, 0.1) is 0 Å². The zero-order chi connectivity index (χ0) is 13.4. The first kappa shape index (κ1) is 11.7. The van der Waals surface area contributed by atoms with E-state index >= 15 is 0 Å². The second kappa shape index (κ2) is 4.38. The second-order valence-electron chi connectivity index (χ2n) is 4.85. The summed E-state index contributed by atoms with van der Waals surface area (Å²) >= 11 is 0. The molecule has 0 spiro atoms. The number of nitrogens with zero attached hydrogens (tertiary/aromatic N) is 3. The Kier molecular flexibility index (Phi) is 2.70. The number of fused-ring (bicyclic) bond motifs is 1. The van der Waals surface area contributed by atoms with Crippen molar-refractivity contribution in [3.05, 3.63) is 35.5 Å². The van der Waals surface area contributed by atoms with Gasteiger partial charge in [-0.3, -0.25) is 4.79 Å². The first-order valence-electron chi connectivity index (χ1n) is 6.14. The van der Waals surface area contributed by atoms with Crippen molar-refractivity contribution >= 4 is 17.4 Å². The van der Waals surface area contributed by atoms with Gasteiger partial charge in [0.2, 0.25) is 11.5 Å². The van der Waals surface area contributed by atoms with Gasteiger partial charge in [-0.05, 0) is 34.3 Å². The van der Waals surface area contributed by atoms with Gasteiger partial charge < -0.3 is 10.6 Å². The van der Waals surface area contributed by atoms with Crippen LogP contribution < -0.4 is 10.6 Å². The molecule has 1 atom stereocenters. The minimum Gasteiger partial charge on any atom is -0.379 e. The molecule has 1 amide bonds. The van der Waals surface area contributed by atoms with Gasteiger partial charge in [0.1, 0.15) is 0 Å². The summed E-state index contributed by atoms with van der Waals surface area (Å²) in [5, 5.41) is 7.04. The summed E-state index contributed by atoms with van der Waals surface area (Å²) in [6, 6.07) is 7.86. The van der Waals surface area contributed by atoms with Crippen molar-refractivity contribution in [2.45, 2.75) is 13.3 Å². The molecule has 2 aromatic rings. The molecule has 6 heteroatoms. The Morgan fingerprint density at radius 2 is 2.21 bits per heavy atom. The van der Waals surface area contributed by atoms with E-state index in [1.807, 2.05) is 24.3 Å². The molecule has 1 aromatic carbocycles. The summed E-state index contributed by atoms with van der Waals surface area (Å²) in [7, 11) is 0. The molecule has 2 heterocycles. The van der Waals surface area contributed by atoms with Gasteiger partial charge in [-0.1, -0.05) is 25.1 Å². The van der Waals surface area contributed by atoms with E-state index in [1.54, 1.807) is 4.90 Å². The van der Waals surface area contributed by atoms with Crippen molar-refractivity contribution in [1.82, 2.24) is 10.3 Å². The number of carbonyl (C=O) groups excluding carboxylic acids is 1. The van der Waals surface area contributed by atoms with Gasteiger partial charge in [-0.2, -0.15) is 0 Å². The van der Waals surface area contributed by atoms with Crippen LogP contribution >= 0.6 is 0 Å². The number of aromatic nitrogens is 2. The van der Waals surface area contributed by atoms with E-state index in [9.17, 15) is 4.79 Å². The molecule has 19 heavy (non-hydrogen) atoms. The van der Waals surface area contributed by atoms with Crippen LogP contribution in [-0.2, 0) is 6.42 Å². The van der Waals surface area contributed by atoms with Gasteiger partial charge in [0, 0.05) is 12.2 Å². The lowest BCUT2D eigenvalue weighted by Crippen LogP contribution is -2.39. The molecule has 98 valence electrons. The number of benzene rings is 1. The van der Waals surface area contributed by atoms with E-state index in [0.717, 1.165) is 17.7 Å². The Labute approximate surface area is 110 Å². The highest BCUT2D eigenvalue weighted by Crippen LogP contribution is 2.30. The van der Waals surface area contributed by atoms with Crippen LogP contribution in [0.25, 0.3) is 0 Å². The Hall–Kier alpha value is -2.37. The Morgan fingerprint density at radius 3 is 2.95 bits per heavy atom. The average Bonchev–Trinajstić information content (AvgIpc) is 2.83. The zero-order valence-electron chi connectivity index (χ0n) is 10.5. The minimum absolute atomic E-state index is 0.0284. The minimum atomic E-state index is -0.266. The number of nitrogens with two attached hydrogens (primary N) is 1. The number of anilines is 2. The molecule has 0 bridgehead atoms. The van der Waals surface area contributed by atoms with Crippen LogP contribution in [0.5, 0.6) is 0 Å². The van der Waals surface area contributed by atoms with Crippen LogP contribution in [0.2, 0.25) is 0 Å². The molecule has 1 aliphatic heterocycles. The van der Waals surface area contributed by atoms with Crippen LogP contribution in [0, 0.1) is 5.92 Å². The van der Waals surface area contributed by atoms with Gasteiger partial charge in [-0.25, -0.2) is 4.63 Å². The van der Waals surface area contributed by atoms with E-state index in [-0.39, 0.29) is 17.4 Å². The normalized spacial score (nSPS) is 18.2. The van der Waals surface area contributed by atoms with Crippen LogP contribution in [0.15, 0.2) is 28.9 Å². The van der Waals surface area contributed by atoms with Crippen molar-refractivity contribution in [1.29, 1.82) is 0 Å². The molecule has 1 aliphatic rings. The lowest BCUT2D eigenvalue weighted by Gasteiger charge is -2.32. The highest BCUT2D eigenvalue weighted by Gasteiger charge is 2.30. The summed E-state index contributed by atoms with van der Waals surface area (Å²) in [5.41, 5.74) is 7.73. The molecule has 6 nitrogen and oxygen atoms in total. The molecule has 3 rings (SSSR count). The first-order chi connectivity index (χ1) is 9.16. The summed E-state index contributed by atoms with van der Waals surface area (Å²) in [4.78, 5) is 14.2. The van der Waals surface area contributed by atoms with E-state index < -0.39 is 0 Å². The lowest BCUT2D eigenvalue weighted by atomic mass is 9.93. The number of nitrogen functional groups attached to an aromatic ring is 1. The van der Waals surface area contributed by atoms with Crippen LogP contribution in [-0.4, -0.2) is 22.8 Å². The van der Waals surface area contributed by atoms with Crippen molar-refractivity contribution < 1.29 is 9.42 Å². The fraction of sp³-hybridized carbons (Fsp3) is 0.308. The molecule has 0 saturated carbocycles. The number of carbonyl (C=O) groups is 1. The Morgan fingerprint density at radius 1 is 1.42 bits per heavy atom. The van der Waals surface area contributed by atoms with Gasteiger partial charge in [-0.15, -0.1) is 0 Å². The molecule has 1 unspecified atom stereocenters. The summed E-state index contributed by atoms with van der Waals surface area (Å²) in [5.74, 6) is 0.151. The average molecular weight is 258 g/mol. The van der Waals surface area contributed by atoms with Crippen molar-refractivity contribution in [2.75, 3.05) is 17.2 Å². The predicted octanol–water partition coefficient (Wildman–Crippen LogP) is 1.49. The fourth-order valence-electron chi connectivity index (χ4n) is 2.46. The third-order valence-electron chi connectivity index (χ3n) is 3.31. The van der Waals surface area contributed by atoms with Crippen molar-refractivity contribution in [2.24, 2.45) is 5.92 Å². The van der Waals surface area contributed by atoms with Crippen LogP contribution in [0.3, 0.4) is 0 Å². The quantitative estimate of drug-likeness (QED) is 0.837. The third kappa shape index (κ3) is 1.95. The highest BCUT2D eigenvalue weighted by atomic mass is 16.6. The number of amides is 1. The number of hydrogen-bond acceptors (Lipinski definition) is 5. The van der Waals surface area contributed by atoms with E-state index in [2.05, 4.69) is 21.9 Å². The van der Waals surface area contributed by atoms with Gasteiger partial charge in [0.25, 0.3) is 5.91 Å². The van der Waals surface area contributed by atoms with Crippen molar-refractivity contribution in [3.8, 4) is 0 Å². The van der Waals surface area contributed by atoms with Gasteiger partial charge in [0.15, 0.2) is 0 Å². The highest BCUT2D eigenvalue weighted by molar-refractivity contribution is 6.07. The lowest BCUT2D eigenvalue weighted by molar-refractivity contribution is 0.0972. The van der Waals surface area contributed by atoms with E-state index in [1.165, 1.54) is 0 Å². The fourth-order valence-corrected chi connectivity index (χ4v) is 2.46. The molecule has 0 radical (unpaired) electrons. The van der Waals surface area contributed by atoms with Crippen LogP contribution in [0.4, 0.5) is 11.5 Å². The number of para-hydroxylation sites is 1. The zero-order valence-corrected chi connectivity index (χ0v) is 10.5. The topological polar surface area (TPSA) is 85.2 Å². The summed E-state index contributed by atoms with van der Waals surface area (Å²) < 4.78 is 4.50. The predicted molar refractivity (Wildman–Crippen MR) is 69.7 cm³/mol. The maximum Gasteiger partial charge on any atom is 0.284 e. The molecular formula is C13H14N4O2. The summed E-state index contributed by atoms with van der Waals surface area (Å²) in [6.45, 7) is 2.75. The van der Waals surface area contributed by atoms with E-state index in [4.69, 9.17) is 5.73 Å². The smallest absolute Gasteiger partial charge is 0.284 e. The molecule has 0 aliphatic carbocycles. The molecule has 2 N–H and O–H groups in total. The van der Waals surface area contributed by atoms with E-state index in [0.29, 0.717) is 12.5 Å². The Bertz CT molecular complexity index is 623. The standard InChI is InChI=1S/C13H14N4O2/c1-8-6-9-4-2-3-5-10(9)17(7-8)13(18)11-12(14)16-19-15-11/h2-5,8H,6-7H2,1H3,(H2,14,16). The number of rotatable bonds is 1. The summed E-state index contributed by atoms with van der Waals surface area (Å²) in [6.07, 6.45) is 0.965. The van der Waals surface area contributed by atoms with Crippen LogP contribution in [0.1, 0.15) is 23.0 Å². The van der Waals surface area contributed by atoms with Crippen molar-refractivity contribution in [3.63, 3.8) is 0 Å². The maximum atomic E-state index is 12.5. The molecule has 1 aromatic heterocycles. The monoisotopic (exact) mass is 258 g/mol. The van der Waals surface area contributed by atoms with Gasteiger partial charge >= 0.3 is 0 Å². The second-order valence-corrected chi connectivity index (χ2v) is 4.85. The SMILES string of the molecule is CC1Cc2ccccc2N(C(=O)c2nonc2N)C1. The molecule has 0 saturated heterocycles. The molecular weight excluding hydrogens is 244 g/mol. The molecule has 0 fully saturated rings. The number of hydrogen-bond donors (Lipinski definition) is 1. The first-order valence-corrected chi connectivity index (χ1v) is 6.14. The largest absolute Gasteiger partial charge is 0.379 e. The third-order valence-corrected chi connectivity index (χ3v) is 3.31. The Balaban J connectivity index is 2.02.